The van der Waals surface area contributed by atoms with Gasteiger partial charge in [0.25, 0.3) is 11.9 Å². The van der Waals surface area contributed by atoms with Crippen LogP contribution < -0.4 is 10.2 Å². The molecular formula is C21H21F3N4O4. The van der Waals surface area contributed by atoms with Crippen LogP contribution >= 0.6 is 0 Å². The minimum Gasteiger partial charge on any atom is -0.461 e. The molecule has 0 spiro atoms. The molecule has 32 heavy (non-hydrogen) atoms. The first-order valence-electron chi connectivity index (χ1n) is 10.2. The molecule has 0 aliphatic carbocycles. The zero-order valence-corrected chi connectivity index (χ0v) is 17.2. The molecule has 4 rings (SSSR count). The van der Waals surface area contributed by atoms with Crippen molar-refractivity contribution in [1.82, 2.24) is 9.97 Å². The summed E-state index contributed by atoms with van der Waals surface area (Å²) in [6.45, 7) is 2.94. The molecule has 1 amide bonds. The summed E-state index contributed by atoms with van der Waals surface area (Å²) in [4.78, 5) is 32.6. The lowest BCUT2D eigenvalue weighted by Gasteiger charge is -2.24. The van der Waals surface area contributed by atoms with Gasteiger partial charge in [-0.05, 0) is 50.5 Å². The Balaban J connectivity index is 1.59. The molecule has 2 aromatic heterocycles. The van der Waals surface area contributed by atoms with Crippen LogP contribution in [0.3, 0.4) is 0 Å². The second-order valence-corrected chi connectivity index (χ2v) is 7.38. The number of carbonyl (C=O) groups is 2. The molecule has 3 aromatic rings. The van der Waals surface area contributed by atoms with Crippen molar-refractivity contribution in [3.63, 3.8) is 0 Å². The Morgan fingerprint density at radius 3 is 2.66 bits per heavy atom. The number of esters is 1. The van der Waals surface area contributed by atoms with Gasteiger partial charge in [0.2, 0.25) is 5.76 Å². The summed E-state index contributed by atoms with van der Waals surface area (Å²) in [5.74, 6) is -2.48. The number of aromatic nitrogens is 2. The van der Waals surface area contributed by atoms with Crippen LogP contribution in [0.2, 0.25) is 0 Å². The smallest absolute Gasteiger partial charge is 0.437 e. The number of rotatable bonds is 5. The average molecular weight is 450 g/mol. The van der Waals surface area contributed by atoms with Crippen molar-refractivity contribution in [2.24, 2.45) is 0 Å². The molecule has 8 nitrogen and oxygen atoms in total. The number of H-pyrrole nitrogens is 1. The van der Waals surface area contributed by atoms with E-state index in [1.807, 2.05) is 0 Å². The molecule has 0 saturated carbocycles. The fourth-order valence-corrected chi connectivity index (χ4v) is 3.59. The third-order valence-corrected chi connectivity index (χ3v) is 5.09. The van der Waals surface area contributed by atoms with E-state index in [0.717, 1.165) is 19.3 Å². The minimum absolute atomic E-state index is 0.206. The standard InChI is InChI=1S/C21H21F3N4O4/c1-2-31-19(30)15-11-12-10-13(6-7-14(12)26-15)25-18(29)16-17(21(22,23)24)27-20(32-16)28-8-4-3-5-9-28/h6-7,10-11,26H,2-5,8-9H2,1H3,(H,25,29). The van der Waals surface area contributed by atoms with Crippen LogP contribution in [0, 0.1) is 0 Å². The number of alkyl halides is 3. The lowest BCUT2D eigenvalue weighted by molar-refractivity contribution is -0.141. The van der Waals surface area contributed by atoms with E-state index in [1.165, 1.54) is 18.2 Å². The second kappa shape index (κ2) is 8.56. The Labute approximate surface area is 180 Å². The van der Waals surface area contributed by atoms with Crippen molar-refractivity contribution in [2.75, 3.05) is 29.9 Å². The molecule has 0 radical (unpaired) electrons. The first-order chi connectivity index (χ1) is 15.3. The first-order valence-corrected chi connectivity index (χ1v) is 10.2. The van der Waals surface area contributed by atoms with Gasteiger partial charge in [0.1, 0.15) is 5.69 Å². The number of oxazole rings is 1. The van der Waals surface area contributed by atoms with Crippen LogP contribution in [-0.4, -0.2) is 41.5 Å². The van der Waals surface area contributed by atoms with E-state index in [0.29, 0.717) is 24.0 Å². The van der Waals surface area contributed by atoms with Gasteiger partial charge in [-0.15, -0.1) is 0 Å². The van der Waals surface area contributed by atoms with Gasteiger partial charge in [-0.1, -0.05) is 0 Å². The molecule has 1 aromatic carbocycles. The number of piperidine rings is 1. The van der Waals surface area contributed by atoms with Gasteiger partial charge in [0.05, 0.1) is 6.61 Å². The van der Waals surface area contributed by atoms with Gasteiger partial charge in [-0.25, -0.2) is 4.79 Å². The Morgan fingerprint density at radius 1 is 1.22 bits per heavy atom. The highest BCUT2D eigenvalue weighted by Gasteiger charge is 2.42. The van der Waals surface area contributed by atoms with E-state index < -0.39 is 29.5 Å². The Morgan fingerprint density at radius 2 is 1.97 bits per heavy atom. The summed E-state index contributed by atoms with van der Waals surface area (Å²) >= 11 is 0. The molecule has 0 unspecified atom stereocenters. The highest BCUT2D eigenvalue weighted by molar-refractivity contribution is 6.04. The normalized spacial score (nSPS) is 14.6. The largest absolute Gasteiger partial charge is 0.461 e. The zero-order chi connectivity index (χ0) is 22.9. The molecule has 11 heteroatoms. The van der Waals surface area contributed by atoms with Crippen molar-refractivity contribution in [3.8, 4) is 0 Å². The molecule has 1 saturated heterocycles. The average Bonchev–Trinajstić information content (AvgIpc) is 3.39. The van der Waals surface area contributed by atoms with E-state index in [9.17, 15) is 22.8 Å². The summed E-state index contributed by atoms with van der Waals surface area (Å²) in [5, 5.41) is 3.00. The maximum absolute atomic E-state index is 13.5. The van der Waals surface area contributed by atoms with Crippen LogP contribution in [0.15, 0.2) is 28.7 Å². The Bertz CT molecular complexity index is 1150. The molecule has 1 aliphatic heterocycles. The molecule has 1 aliphatic rings. The second-order valence-electron chi connectivity index (χ2n) is 7.38. The molecule has 170 valence electrons. The third kappa shape index (κ3) is 4.41. The summed E-state index contributed by atoms with van der Waals surface area (Å²) in [6, 6.07) is 5.95. The summed E-state index contributed by atoms with van der Waals surface area (Å²) < 4.78 is 50.7. The number of aromatic amines is 1. The van der Waals surface area contributed by atoms with Crippen molar-refractivity contribution >= 4 is 34.5 Å². The first kappa shape index (κ1) is 21.7. The zero-order valence-electron chi connectivity index (χ0n) is 17.2. The van der Waals surface area contributed by atoms with Crippen molar-refractivity contribution in [1.29, 1.82) is 0 Å². The fraction of sp³-hybridized carbons (Fsp3) is 0.381. The van der Waals surface area contributed by atoms with Crippen molar-refractivity contribution < 1.29 is 31.9 Å². The van der Waals surface area contributed by atoms with Crippen molar-refractivity contribution in [2.45, 2.75) is 32.4 Å². The van der Waals surface area contributed by atoms with E-state index in [1.54, 1.807) is 17.9 Å². The molecule has 3 heterocycles. The quantitative estimate of drug-likeness (QED) is 0.552. The molecule has 0 atom stereocenters. The van der Waals surface area contributed by atoms with Crippen LogP contribution in [0.4, 0.5) is 24.9 Å². The van der Waals surface area contributed by atoms with Gasteiger partial charge < -0.3 is 24.4 Å². The van der Waals surface area contributed by atoms with E-state index in [-0.39, 0.29) is 24.0 Å². The molecular weight excluding hydrogens is 429 g/mol. The van der Waals surface area contributed by atoms with Gasteiger partial charge in [0, 0.05) is 29.7 Å². The maximum Gasteiger partial charge on any atom is 0.437 e. The monoisotopic (exact) mass is 450 g/mol. The summed E-state index contributed by atoms with van der Waals surface area (Å²) in [7, 11) is 0. The number of ether oxygens (including phenoxy) is 1. The third-order valence-electron chi connectivity index (χ3n) is 5.09. The number of hydrogen-bond acceptors (Lipinski definition) is 6. The number of nitrogens with zero attached hydrogens (tertiary/aromatic N) is 2. The highest BCUT2D eigenvalue weighted by Crippen LogP contribution is 2.35. The molecule has 2 N–H and O–H groups in total. The lowest BCUT2D eigenvalue weighted by atomic mass is 10.1. The van der Waals surface area contributed by atoms with Gasteiger partial charge in [0.15, 0.2) is 5.69 Å². The number of halogens is 3. The van der Waals surface area contributed by atoms with Crippen LogP contribution in [0.5, 0.6) is 0 Å². The molecule has 1 fully saturated rings. The number of benzene rings is 1. The van der Waals surface area contributed by atoms with Crippen LogP contribution in [-0.2, 0) is 10.9 Å². The predicted octanol–water partition coefficient (Wildman–Crippen LogP) is 4.59. The number of fused-ring (bicyclic) bond motifs is 1. The topological polar surface area (TPSA) is 100 Å². The maximum atomic E-state index is 13.5. The van der Waals surface area contributed by atoms with Gasteiger partial charge in [-0.2, -0.15) is 18.2 Å². The van der Waals surface area contributed by atoms with Crippen molar-refractivity contribution in [3.05, 3.63) is 41.4 Å². The fourth-order valence-electron chi connectivity index (χ4n) is 3.59. The number of anilines is 2. The summed E-state index contributed by atoms with van der Waals surface area (Å²) in [6.07, 6.45) is -2.23. The SMILES string of the molecule is CCOC(=O)c1cc2cc(NC(=O)c3oc(N4CCCCC4)nc3C(F)(F)F)ccc2[nH]1. The number of hydrogen-bond donors (Lipinski definition) is 2. The predicted molar refractivity (Wildman–Crippen MR) is 110 cm³/mol. The molecule has 0 bridgehead atoms. The lowest BCUT2D eigenvalue weighted by Crippen LogP contribution is -2.29. The van der Waals surface area contributed by atoms with Crippen LogP contribution in [0.25, 0.3) is 10.9 Å². The Hall–Kier alpha value is -3.50. The van der Waals surface area contributed by atoms with Gasteiger partial charge in [-0.3, -0.25) is 4.79 Å². The Kier molecular flexibility index (Phi) is 5.81. The minimum atomic E-state index is -4.84. The van der Waals surface area contributed by atoms with E-state index in [4.69, 9.17) is 9.15 Å². The summed E-state index contributed by atoms with van der Waals surface area (Å²) in [5.41, 5.74) is -0.288. The number of amides is 1. The number of nitrogens with one attached hydrogen (secondary N) is 2. The van der Waals surface area contributed by atoms with Crippen LogP contribution in [0.1, 0.15) is 52.9 Å². The highest BCUT2D eigenvalue weighted by atomic mass is 19.4. The van der Waals surface area contributed by atoms with E-state index in [2.05, 4.69) is 15.3 Å². The van der Waals surface area contributed by atoms with E-state index >= 15 is 0 Å². The number of carbonyl (C=O) groups excluding carboxylic acids is 2. The van der Waals surface area contributed by atoms with Gasteiger partial charge >= 0.3 is 12.1 Å².